The molecule has 0 saturated heterocycles. The largest absolute Gasteiger partial charge is 0.438 e. The number of H-pyrrole nitrogens is 1. The van der Waals surface area contributed by atoms with E-state index < -0.39 is 6.04 Å². The molecule has 1 aromatic carbocycles. The van der Waals surface area contributed by atoms with Crippen LogP contribution in [0.1, 0.15) is 59.5 Å². The number of nitrogens with one attached hydrogen (secondary N) is 1. The number of nitrogens with zero attached hydrogens (tertiary/aromatic N) is 4. The second-order valence-electron chi connectivity index (χ2n) is 8.34. The molecule has 1 amide bonds. The molecule has 1 N–H and O–H groups in total. The average Bonchev–Trinajstić information content (AvgIpc) is 3.44. The maximum atomic E-state index is 14.3. The zero-order valence-corrected chi connectivity index (χ0v) is 17.6. The molecule has 0 fully saturated rings. The van der Waals surface area contributed by atoms with Crippen molar-refractivity contribution >= 4 is 27.5 Å². The molecule has 4 heterocycles. The normalized spacial score (nSPS) is 16.8. The van der Waals surface area contributed by atoms with Crippen molar-refractivity contribution in [3.8, 4) is 0 Å². The highest BCUT2D eigenvalue weighted by Crippen LogP contribution is 2.39. The highest BCUT2D eigenvalue weighted by molar-refractivity contribution is 7.18. The van der Waals surface area contributed by atoms with Crippen LogP contribution < -0.4 is 0 Å². The number of amides is 1. The van der Waals surface area contributed by atoms with E-state index in [9.17, 15) is 9.18 Å². The maximum absolute atomic E-state index is 14.3. The quantitative estimate of drug-likeness (QED) is 0.519. The van der Waals surface area contributed by atoms with E-state index in [-0.39, 0.29) is 22.9 Å². The Hall–Kier alpha value is -3.07. The number of carbonyl (C=O) groups excluding carboxylic acids is 1. The van der Waals surface area contributed by atoms with Crippen molar-refractivity contribution in [3.63, 3.8) is 0 Å². The summed E-state index contributed by atoms with van der Waals surface area (Å²) in [6, 6.07) is 4.35. The fourth-order valence-corrected chi connectivity index (χ4v) is 4.96. The number of hydrogen-bond donors (Lipinski definition) is 1. The standard InChI is InChI=1S/C21H20FN5O2S/c1-21(2,3)18-17(29-10-25-18)20(28)27-8-7-12-15(24-9-23-12)16(27)19-26-14-11(22)5-4-6-13(14)30-19/h4-6,9-10,16H,7-8H2,1-3H3,(H,23,24)/t16-/m0/s1. The third-order valence-corrected chi connectivity index (χ3v) is 6.35. The molecule has 0 unspecified atom stereocenters. The van der Waals surface area contributed by atoms with E-state index in [0.29, 0.717) is 29.2 Å². The van der Waals surface area contributed by atoms with Gasteiger partial charge in [0.15, 0.2) is 6.39 Å². The average molecular weight is 425 g/mol. The Bertz CT molecular complexity index is 1250. The molecular weight excluding hydrogens is 405 g/mol. The van der Waals surface area contributed by atoms with Gasteiger partial charge < -0.3 is 14.3 Å². The number of fused-ring (bicyclic) bond motifs is 2. The predicted molar refractivity (Wildman–Crippen MR) is 110 cm³/mol. The van der Waals surface area contributed by atoms with E-state index in [4.69, 9.17) is 4.42 Å². The first-order valence-electron chi connectivity index (χ1n) is 9.66. The van der Waals surface area contributed by atoms with Gasteiger partial charge in [-0.3, -0.25) is 4.79 Å². The second-order valence-corrected chi connectivity index (χ2v) is 9.40. The van der Waals surface area contributed by atoms with E-state index in [0.717, 1.165) is 16.1 Å². The lowest BCUT2D eigenvalue weighted by Gasteiger charge is -2.33. The van der Waals surface area contributed by atoms with E-state index in [1.54, 1.807) is 17.3 Å². The van der Waals surface area contributed by atoms with Crippen molar-refractivity contribution in [2.24, 2.45) is 0 Å². The highest BCUT2D eigenvalue weighted by Gasteiger charge is 2.39. The van der Waals surface area contributed by atoms with Gasteiger partial charge in [0.25, 0.3) is 5.91 Å². The second kappa shape index (κ2) is 6.73. The van der Waals surface area contributed by atoms with Crippen molar-refractivity contribution in [2.75, 3.05) is 6.54 Å². The van der Waals surface area contributed by atoms with E-state index >= 15 is 0 Å². The van der Waals surface area contributed by atoms with Crippen molar-refractivity contribution in [1.29, 1.82) is 0 Å². The van der Waals surface area contributed by atoms with Gasteiger partial charge in [-0.1, -0.05) is 26.8 Å². The highest BCUT2D eigenvalue weighted by atomic mass is 32.1. The van der Waals surface area contributed by atoms with Gasteiger partial charge in [0.1, 0.15) is 22.4 Å². The summed E-state index contributed by atoms with van der Waals surface area (Å²) in [7, 11) is 0. The molecular formula is C21H20FN5O2S. The minimum atomic E-state index is -0.526. The molecule has 3 aromatic heterocycles. The summed E-state index contributed by atoms with van der Waals surface area (Å²) < 4.78 is 20.5. The van der Waals surface area contributed by atoms with Gasteiger partial charge in [0.05, 0.1) is 22.4 Å². The molecule has 4 aromatic rings. The number of hydrogen-bond acceptors (Lipinski definition) is 6. The zero-order valence-electron chi connectivity index (χ0n) is 16.8. The van der Waals surface area contributed by atoms with Crippen LogP contribution in [0, 0.1) is 5.82 Å². The van der Waals surface area contributed by atoms with Crippen LogP contribution in [0.2, 0.25) is 0 Å². The number of rotatable bonds is 2. The fraction of sp³-hybridized carbons (Fsp3) is 0.333. The summed E-state index contributed by atoms with van der Waals surface area (Å²) in [5, 5.41) is 0.619. The number of oxazole rings is 1. The van der Waals surface area contributed by atoms with Crippen molar-refractivity contribution in [2.45, 2.75) is 38.6 Å². The number of imidazole rings is 1. The topological polar surface area (TPSA) is 87.9 Å². The van der Waals surface area contributed by atoms with E-state index in [1.165, 1.54) is 23.8 Å². The summed E-state index contributed by atoms with van der Waals surface area (Å²) in [5.41, 5.74) is 2.25. The lowest BCUT2D eigenvalue weighted by Crippen LogP contribution is -2.41. The molecule has 7 nitrogen and oxygen atoms in total. The van der Waals surface area contributed by atoms with Gasteiger partial charge in [0, 0.05) is 24.1 Å². The monoisotopic (exact) mass is 425 g/mol. The predicted octanol–water partition coefficient (Wildman–Crippen LogP) is 4.23. The smallest absolute Gasteiger partial charge is 0.292 e. The minimum absolute atomic E-state index is 0.221. The lowest BCUT2D eigenvalue weighted by molar-refractivity contribution is 0.0654. The number of para-hydroxylation sites is 1. The zero-order chi connectivity index (χ0) is 21.0. The van der Waals surface area contributed by atoms with Crippen LogP contribution in [-0.2, 0) is 11.8 Å². The molecule has 1 aliphatic heterocycles. The molecule has 0 bridgehead atoms. The molecule has 0 saturated carbocycles. The Morgan fingerprint density at radius 3 is 2.93 bits per heavy atom. The van der Waals surface area contributed by atoms with Gasteiger partial charge in [-0.25, -0.2) is 19.3 Å². The number of carbonyl (C=O) groups is 1. The summed E-state index contributed by atoms with van der Waals surface area (Å²) in [6.07, 6.45) is 3.56. The Morgan fingerprint density at radius 1 is 1.33 bits per heavy atom. The molecule has 0 radical (unpaired) electrons. The third-order valence-electron chi connectivity index (χ3n) is 5.28. The van der Waals surface area contributed by atoms with Crippen LogP contribution >= 0.6 is 11.3 Å². The van der Waals surface area contributed by atoms with Gasteiger partial charge >= 0.3 is 0 Å². The summed E-state index contributed by atoms with van der Waals surface area (Å²) in [4.78, 5) is 31.7. The Kier molecular flexibility index (Phi) is 4.25. The molecule has 9 heteroatoms. The van der Waals surface area contributed by atoms with Crippen LogP contribution in [0.4, 0.5) is 4.39 Å². The first-order chi connectivity index (χ1) is 14.3. The van der Waals surface area contributed by atoms with Crippen LogP contribution in [0.5, 0.6) is 0 Å². The lowest BCUT2D eigenvalue weighted by atomic mass is 9.90. The summed E-state index contributed by atoms with van der Waals surface area (Å²) >= 11 is 1.37. The summed E-state index contributed by atoms with van der Waals surface area (Å²) in [5.74, 6) is -0.425. The first-order valence-corrected chi connectivity index (χ1v) is 10.5. The van der Waals surface area contributed by atoms with Crippen LogP contribution in [0.15, 0.2) is 35.3 Å². The minimum Gasteiger partial charge on any atom is -0.438 e. The molecule has 1 atom stereocenters. The molecule has 5 rings (SSSR count). The molecule has 154 valence electrons. The van der Waals surface area contributed by atoms with Crippen molar-refractivity contribution < 1.29 is 13.6 Å². The van der Waals surface area contributed by atoms with Crippen molar-refractivity contribution in [1.82, 2.24) is 24.8 Å². The molecule has 30 heavy (non-hydrogen) atoms. The molecule has 0 spiro atoms. The third kappa shape index (κ3) is 2.92. The first kappa shape index (κ1) is 18.9. The van der Waals surface area contributed by atoms with Crippen LogP contribution in [0.3, 0.4) is 0 Å². The number of thiazole rings is 1. The number of halogens is 1. The van der Waals surface area contributed by atoms with E-state index in [2.05, 4.69) is 19.9 Å². The Labute approximate surface area is 176 Å². The number of aromatic nitrogens is 4. The fourth-order valence-electron chi connectivity index (χ4n) is 3.86. The number of aromatic amines is 1. The van der Waals surface area contributed by atoms with E-state index in [1.807, 2.05) is 26.8 Å². The van der Waals surface area contributed by atoms with Crippen molar-refractivity contribution in [3.05, 3.63) is 64.6 Å². The van der Waals surface area contributed by atoms with Gasteiger partial charge in [-0.05, 0) is 12.1 Å². The van der Waals surface area contributed by atoms with Gasteiger partial charge in [-0.15, -0.1) is 11.3 Å². The van der Waals surface area contributed by atoms with Crippen LogP contribution in [0.25, 0.3) is 10.2 Å². The number of benzene rings is 1. The maximum Gasteiger partial charge on any atom is 0.292 e. The molecule has 0 aliphatic carbocycles. The Morgan fingerprint density at radius 2 is 2.17 bits per heavy atom. The van der Waals surface area contributed by atoms with Crippen LogP contribution in [-0.4, -0.2) is 37.3 Å². The molecule has 1 aliphatic rings. The Balaban J connectivity index is 1.63. The van der Waals surface area contributed by atoms with Gasteiger partial charge in [-0.2, -0.15) is 0 Å². The summed E-state index contributed by atoms with van der Waals surface area (Å²) in [6.45, 7) is 6.41. The SMILES string of the molecule is CC(C)(C)c1ncoc1C(=O)N1CCc2[nH]cnc2[C@H]1c1nc2c(F)cccc2s1. The van der Waals surface area contributed by atoms with Gasteiger partial charge in [0.2, 0.25) is 5.76 Å².